The number of methoxy groups -OCH3 is 3. The van der Waals surface area contributed by atoms with Gasteiger partial charge in [0.1, 0.15) is 23.0 Å². The quantitative estimate of drug-likeness (QED) is 0.269. The zero-order valence-electron chi connectivity index (χ0n) is 22.3. The molecular weight excluding hydrogens is 518 g/mol. The van der Waals surface area contributed by atoms with Crippen LogP contribution in [0.15, 0.2) is 63.6 Å². The summed E-state index contributed by atoms with van der Waals surface area (Å²) in [6, 6.07) is 13.3. The standard InChI is InChI=1S/C30H31NO7S/c1-18-23(12-19-13-26(36-3)30(27(14-19)37-4)39-11-9-29(33)34)22-8-7-20(35-2)15-25(22)24(18)16-28(32)31-17-21-6-5-10-38-21/h5-8,10,12-15H,9,11,16-17H2,1-4H3,(H,31,32)(H,33,34)/b23-12-. The Labute approximate surface area is 231 Å². The smallest absolute Gasteiger partial charge is 0.304 e. The maximum absolute atomic E-state index is 12.9. The number of hydrogen-bond donors (Lipinski definition) is 2. The fraction of sp³-hybridized carbons (Fsp3) is 0.267. The molecule has 1 heterocycles. The van der Waals surface area contributed by atoms with E-state index in [2.05, 4.69) is 5.32 Å². The first-order chi connectivity index (χ1) is 18.8. The largest absolute Gasteiger partial charge is 0.497 e. The van der Waals surface area contributed by atoms with Gasteiger partial charge in [-0.2, -0.15) is 0 Å². The molecule has 1 aromatic heterocycles. The van der Waals surface area contributed by atoms with Gasteiger partial charge in [0, 0.05) is 5.75 Å². The fourth-order valence-electron chi connectivity index (χ4n) is 4.47. The Balaban J connectivity index is 1.69. The van der Waals surface area contributed by atoms with Gasteiger partial charge in [-0.3, -0.25) is 9.59 Å². The number of carboxylic acid groups (broad SMARTS) is 1. The second kappa shape index (κ2) is 12.6. The van der Waals surface area contributed by atoms with Crippen LogP contribution in [0, 0.1) is 0 Å². The summed E-state index contributed by atoms with van der Waals surface area (Å²) in [7, 11) is 4.78. The molecule has 0 aliphatic heterocycles. The lowest BCUT2D eigenvalue weighted by molar-refractivity contribution is -0.136. The molecule has 2 aromatic carbocycles. The molecule has 1 aliphatic rings. The number of thioether (sulfide) groups is 1. The predicted molar refractivity (Wildman–Crippen MR) is 151 cm³/mol. The highest BCUT2D eigenvalue weighted by molar-refractivity contribution is 7.99. The molecule has 204 valence electrons. The highest BCUT2D eigenvalue weighted by Gasteiger charge is 2.26. The number of nitrogens with one attached hydrogen (secondary N) is 1. The maximum atomic E-state index is 12.9. The molecule has 0 unspecified atom stereocenters. The van der Waals surface area contributed by atoms with E-state index in [1.165, 1.54) is 11.8 Å². The van der Waals surface area contributed by atoms with Crippen LogP contribution in [0.25, 0.3) is 17.2 Å². The molecule has 0 spiro atoms. The number of carboxylic acids is 1. The van der Waals surface area contributed by atoms with Crippen molar-refractivity contribution in [3.05, 3.63) is 76.8 Å². The van der Waals surface area contributed by atoms with Crippen molar-refractivity contribution < 1.29 is 33.3 Å². The Morgan fingerprint density at radius 1 is 1.03 bits per heavy atom. The van der Waals surface area contributed by atoms with E-state index < -0.39 is 5.97 Å². The number of carbonyl (C=O) groups excluding carboxylic acids is 1. The van der Waals surface area contributed by atoms with Gasteiger partial charge in [0.2, 0.25) is 5.91 Å². The Bertz CT molecular complexity index is 1400. The number of fused-ring (bicyclic) bond motifs is 1. The van der Waals surface area contributed by atoms with Crippen LogP contribution in [0.4, 0.5) is 0 Å². The van der Waals surface area contributed by atoms with Crippen LogP contribution in [-0.2, 0) is 16.1 Å². The Kier molecular flexibility index (Phi) is 9.03. The summed E-state index contributed by atoms with van der Waals surface area (Å²) in [6.07, 6.45) is 3.86. The van der Waals surface area contributed by atoms with Gasteiger partial charge in [-0.25, -0.2) is 0 Å². The van der Waals surface area contributed by atoms with Gasteiger partial charge in [0.05, 0.1) is 51.9 Å². The zero-order chi connectivity index (χ0) is 27.9. The van der Waals surface area contributed by atoms with Crippen molar-refractivity contribution in [1.82, 2.24) is 5.32 Å². The number of carbonyl (C=O) groups is 2. The predicted octanol–water partition coefficient (Wildman–Crippen LogP) is 5.91. The second-order valence-electron chi connectivity index (χ2n) is 8.85. The van der Waals surface area contributed by atoms with Gasteiger partial charge >= 0.3 is 5.97 Å². The van der Waals surface area contributed by atoms with E-state index in [0.717, 1.165) is 38.3 Å². The highest BCUT2D eigenvalue weighted by atomic mass is 32.2. The molecule has 0 atom stereocenters. The molecule has 1 aliphatic carbocycles. The average Bonchev–Trinajstić information content (AvgIpc) is 3.54. The normalized spacial score (nSPS) is 13.4. The minimum atomic E-state index is -0.856. The number of hydrogen-bond acceptors (Lipinski definition) is 7. The summed E-state index contributed by atoms with van der Waals surface area (Å²) >= 11 is 1.38. The lowest BCUT2D eigenvalue weighted by Gasteiger charge is -2.14. The van der Waals surface area contributed by atoms with Gasteiger partial charge in [0.25, 0.3) is 0 Å². The molecule has 4 rings (SSSR count). The van der Waals surface area contributed by atoms with Gasteiger partial charge in [-0.1, -0.05) is 6.07 Å². The zero-order valence-corrected chi connectivity index (χ0v) is 23.1. The van der Waals surface area contributed by atoms with Crippen LogP contribution in [0.1, 0.15) is 42.2 Å². The minimum Gasteiger partial charge on any atom is -0.497 e. The molecule has 1 amide bonds. The van der Waals surface area contributed by atoms with E-state index in [4.69, 9.17) is 23.7 Å². The van der Waals surface area contributed by atoms with Crippen LogP contribution in [0.3, 0.4) is 0 Å². The van der Waals surface area contributed by atoms with Crippen molar-refractivity contribution in [3.63, 3.8) is 0 Å². The number of allylic oxidation sites excluding steroid dienone is 2. The molecule has 3 aromatic rings. The lowest BCUT2D eigenvalue weighted by atomic mass is 10.00. The molecule has 0 bridgehead atoms. The van der Waals surface area contributed by atoms with E-state index in [1.807, 2.05) is 49.4 Å². The lowest BCUT2D eigenvalue weighted by Crippen LogP contribution is -2.22. The van der Waals surface area contributed by atoms with Crippen molar-refractivity contribution >= 4 is 40.9 Å². The van der Waals surface area contributed by atoms with Crippen molar-refractivity contribution in [2.24, 2.45) is 0 Å². The molecule has 0 saturated heterocycles. The van der Waals surface area contributed by atoms with Crippen molar-refractivity contribution in [3.8, 4) is 17.2 Å². The Hall–Kier alpha value is -4.11. The van der Waals surface area contributed by atoms with Gasteiger partial charge in [-0.15, -0.1) is 11.8 Å². The number of furan rings is 1. The summed E-state index contributed by atoms with van der Waals surface area (Å²) in [4.78, 5) is 24.6. The van der Waals surface area contributed by atoms with Crippen LogP contribution in [0.2, 0.25) is 0 Å². The fourth-order valence-corrected chi connectivity index (χ4v) is 5.52. The van der Waals surface area contributed by atoms with Crippen LogP contribution < -0.4 is 19.5 Å². The summed E-state index contributed by atoms with van der Waals surface area (Å²) < 4.78 is 22.1. The summed E-state index contributed by atoms with van der Waals surface area (Å²) in [5, 5.41) is 11.9. The molecule has 9 heteroatoms. The van der Waals surface area contributed by atoms with Crippen molar-refractivity contribution in [2.75, 3.05) is 27.1 Å². The average molecular weight is 550 g/mol. The van der Waals surface area contributed by atoms with Crippen molar-refractivity contribution in [2.45, 2.75) is 31.2 Å². The van der Waals surface area contributed by atoms with Crippen LogP contribution in [-0.4, -0.2) is 44.1 Å². The number of rotatable bonds is 12. The van der Waals surface area contributed by atoms with Crippen LogP contribution in [0.5, 0.6) is 17.2 Å². The summed E-state index contributed by atoms with van der Waals surface area (Å²) in [5.74, 6) is 2.03. The SMILES string of the molecule is COc1ccc2c(c1)C(CC(=O)NCc1ccco1)=C(C)/C2=C/c1cc(OC)c(SCCC(=O)O)c(OC)c1. The second-order valence-corrected chi connectivity index (χ2v) is 9.96. The first kappa shape index (κ1) is 27.9. The Morgan fingerprint density at radius 2 is 1.77 bits per heavy atom. The maximum Gasteiger partial charge on any atom is 0.304 e. The molecule has 0 radical (unpaired) electrons. The topological polar surface area (TPSA) is 107 Å². The summed E-state index contributed by atoms with van der Waals surface area (Å²) in [5.41, 5.74) is 5.70. The monoisotopic (exact) mass is 549 g/mol. The first-order valence-electron chi connectivity index (χ1n) is 12.3. The first-order valence-corrected chi connectivity index (χ1v) is 13.3. The molecular formula is C30H31NO7S. The Morgan fingerprint density at radius 3 is 2.38 bits per heavy atom. The number of aliphatic carboxylic acids is 1. The van der Waals surface area contributed by atoms with Crippen LogP contribution >= 0.6 is 11.8 Å². The molecule has 2 N–H and O–H groups in total. The number of benzene rings is 2. The van der Waals surface area contributed by atoms with Gasteiger partial charge in [0.15, 0.2) is 0 Å². The highest BCUT2D eigenvalue weighted by Crippen LogP contribution is 2.46. The van der Waals surface area contributed by atoms with E-state index in [1.54, 1.807) is 33.7 Å². The molecule has 39 heavy (non-hydrogen) atoms. The molecule has 8 nitrogen and oxygen atoms in total. The van der Waals surface area contributed by atoms with Crippen molar-refractivity contribution in [1.29, 1.82) is 0 Å². The molecule has 0 saturated carbocycles. The van der Waals surface area contributed by atoms with E-state index in [9.17, 15) is 9.59 Å². The van der Waals surface area contributed by atoms with E-state index in [0.29, 0.717) is 35.3 Å². The third-order valence-electron chi connectivity index (χ3n) is 6.43. The van der Waals surface area contributed by atoms with E-state index in [-0.39, 0.29) is 18.7 Å². The van der Waals surface area contributed by atoms with Gasteiger partial charge < -0.3 is 29.1 Å². The van der Waals surface area contributed by atoms with Gasteiger partial charge in [-0.05, 0) is 82.8 Å². The third kappa shape index (κ3) is 6.49. The number of amides is 1. The molecule has 0 fully saturated rings. The third-order valence-corrected chi connectivity index (χ3v) is 7.53. The number of ether oxygens (including phenoxy) is 3. The summed E-state index contributed by atoms with van der Waals surface area (Å²) in [6.45, 7) is 2.33. The van der Waals surface area contributed by atoms with E-state index >= 15 is 0 Å². The minimum absolute atomic E-state index is 0.0326.